The van der Waals surface area contributed by atoms with E-state index in [-0.39, 0.29) is 4.21 Å². The van der Waals surface area contributed by atoms with Crippen LogP contribution in [0.5, 0.6) is 0 Å². The van der Waals surface area contributed by atoms with E-state index in [0.29, 0.717) is 32.2 Å². The molecule has 0 radical (unpaired) electrons. The number of allylic oxidation sites excluding steroid dienone is 2. The largest absolute Gasteiger partial charge is 0.304 e. The van der Waals surface area contributed by atoms with Gasteiger partial charge in [0.1, 0.15) is 4.21 Å². The van der Waals surface area contributed by atoms with Crippen LogP contribution in [0.4, 0.5) is 0 Å². The number of hydrogen-bond acceptors (Lipinski definition) is 6. The number of rotatable bonds is 9. The van der Waals surface area contributed by atoms with Crippen molar-refractivity contribution in [2.24, 2.45) is 0 Å². The maximum Gasteiger partial charge on any atom is 0.304 e. The fraction of sp³-hybridized carbons (Fsp3) is 0.143. The van der Waals surface area contributed by atoms with E-state index in [1.54, 1.807) is 40.3 Å². The van der Waals surface area contributed by atoms with Gasteiger partial charge in [0.15, 0.2) is 0 Å². The molecule has 0 saturated carbocycles. The van der Waals surface area contributed by atoms with E-state index in [2.05, 4.69) is 29.7 Å². The van der Waals surface area contributed by atoms with Gasteiger partial charge in [0.25, 0.3) is 0 Å². The van der Waals surface area contributed by atoms with Gasteiger partial charge in [0, 0.05) is 54.9 Å². The standard InChI is InChI=1S/C35H24Cl4N4O3S3/c36-19-8-10-29(25(38)14-19)42-34-21-12-13-47-31(21)16-22(34)27(40-42)6-4-2-1-3-5-7-28-23-17-32-24(18-33(48-32)49(44,45)46)35(23)43(41-28)30-11-9-20(37)15-26(30)39/h4-15,18H,1-3,16-17H2,(H,44,45,46)/b6-4+,7-5+. The highest BCUT2D eigenvalue weighted by Crippen LogP contribution is 2.47. The Morgan fingerprint density at radius 3 is 1.86 bits per heavy atom. The van der Waals surface area contributed by atoms with Gasteiger partial charge in [0.05, 0.1) is 44.2 Å². The predicted octanol–water partition coefficient (Wildman–Crippen LogP) is 11.1. The van der Waals surface area contributed by atoms with Crippen molar-refractivity contribution in [2.45, 2.75) is 36.3 Å². The molecule has 0 bridgehead atoms. The molecule has 2 aromatic carbocycles. The Hall–Kier alpha value is -3.19. The zero-order valence-corrected chi connectivity index (χ0v) is 30.8. The van der Waals surface area contributed by atoms with Crippen molar-refractivity contribution >= 4 is 91.3 Å². The maximum atomic E-state index is 11.9. The van der Waals surface area contributed by atoms with Gasteiger partial charge >= 0.3 is 10.1 Å². The molecule has 0 spiro atoms. The number of hydrogen-bond donors (Lipinski definition) is 1. The molecule has 4 aromatic heterocycles. The molecule has 248 valence electrons. The Balaban J connectivity index is 1.01. The summed E-state index contributed by atoms with van der Waals surface area (Å²) < 4.78 is 37.0. The molecule has 4 heterocycles. The van der Waals surface area contributed by atoms with Crippen LogP contribution >= 0.6 is 69.1 Å². The van der Waals surface area contributed by atoms with Crippen LogP contribution in [0.3, 0.4) is 0 Å². The first-order valence-electron chi connectivity index (χ1n) is 15.2. The Labute approximate surface area is 310 Å². The summed E-state index contributed by atoms with van der Waals surface area (Å²) in [5.74, 6) is 0. The third kappa shape index (κ3) is 6.02. The average Bonchev–Trinajstić information content (AvgIpc) is 3.86. The van der Waals surface area contributed by atoms with Gasteiger partial charge in [-0.05, 0) is 85.3 Å². The smallest absolute Gasteiger partial charge is 0.281 e. The number of nitrogens with zero attached hydrogens (tertiary/aromatic N) is 4. The lowest BCUT2D eigenvalue weighted by Crippen LogP contribution is -2.00. The summed E-state index contributed by atoms with van der Waals surface area (Å²) in [6.45, 7) is 0. The van der Waals surface area contributed by atoms with Gasteiger partial charge in [-0.15, -0.1) is 22.7 Å². The first-order valence-corrected chi connectivity index (χ1v) is 19.9. The summed E-state index contributed by atoms with van der Waals surface area (Å²) in [5, 5.41) is 14.0. The Kier molecular flexibility index (Phi) is 8.65. The van der Waals surface area contributed by atoms with Gasteiger partial charge in [0.2, 0.25) is 0 Å². The first-order chi connectivity index (χ1) is 23.6. The van der Waals surface area contributed by atoms with Gasteiger partial charge in [-0.3, -0.25) is 4.55 Å². The highest BCUT2D eigenvalue weighted by molar-refractivity contribution is 7.88. The van der Waals surface area contributed by atoms with Crippen molar-refractivity contribution < 1.29 is 13.0 Å². The SMILES string of the molecule is O=S(=O)(O)c1cc2c(s1)Cc1c(/C=C/CCC/C=C/c3nn(-c4ccc(Cl)cc4Cl)c4c3Cc3sccc3-4)nn(-c3ccc(Cl)cc3Cl)c1-2. The van der Waals surface area contributed by atoms with Crippen LogP contribution in [0, 0.1) is 0 Å². The van der Waals surface area contributed by atoms with Crippen molar-refractivity contribution in [1.82, 2.24) is 19.6 Å². The molecule has 0 saturated heterocycles. The average molecular weight is 787 g/mol. The third-order valence-corrected chi connectivity index (χ3v) is 13.0. The summed E-state index contributed by atoms with van der Waals surface area (Å²) in [7, 11) is -4.33. The summed E-state index contributed by atoms with van der Waals surface area (Å²) in [4.78, 5) is 2.17. The van der Waals surface area contributed by atoms with Crippen LogP contribution in [-0.2, 0) is 23.0 Å². The Morgan fingerprint density at radius 2 is 1.31 bits per heavy atom. The van der Waals surface area contributed by atoms with Crippen LogP contribution in [-0.4, -0.2) is 32.5 Å². The van der Waals surface area contributed by atoms with E-state index in [1.807, 2.05) is 22.9 Å². The van der Waals surface area contributed by atoms with E-state index in [4.69, 9.17) is 56.6 Å². The fourth-order valence-corrected chi connectivity index (χ4v) is 10.1. The third-order valence-electron chi connectivity index (χ3n) is 8.57. The van der Waals surface area contributed by atoms with Crippen molar-refractivity contribution in [3.8, 4) is 33.9 Å². The topological polar surface area (TPSA) is 90.0 Å². The summed E-state index contributed by atoms with van der Waals surface area (Å²) >= 11 is 28.3. The van der Waals surface area contributed by atoms with Gasteiger partial charge in [-0.2, -0.15) is 18.6 Å². The maximum absolute atomic E-state index is 11.9. The fourth-order valence-electron chi connectivity index (χ4n) is 6.38. The molecular weight excluding hydrogens is 762 g/mol. The minimum atomic E-state index is -4.33. The lowest BCUT2D eigenvalue weighted by Gasteiger charge is -2.08. The quantitative estimate of drug-likeness (QED) is 0.116. The first kappa shape index (κ1) is 33.0. The van der Waals surface area contributed by atoms with Gasteiger partial charge < -0.3 is 0 Å². The molecule has 0 unspecified atom stereocenters. The second kappa shape index (κ2) is 12.9. The second-order valence-corrected chi connectivity index (χ2v) is 17.1. The van der Waals surface area contributed by atoms with Crippen molar-refractivity contribution in [3.05, 3.63) is 118 Å². The number of fused-ring (bicyclic) bond motifs is 6. The zero-order valence-electron chi connectivity index (χ0n) is 25.3. The number of benzene rings is 2. The normalized spacial score (nSPS) is 13.5. The molecule has 6 aromatic rings. The predicted molar refractivity (Wildman–Crippen MR) is 201 cm³/mol. The van der Waals surface area contributed by atoms with E-state index < -0.39 is 10.1 Å². The lowest BCUT2D eigenvalue weighted by molar-refractivity contribution is 0.485. The molecule has 2 aliphatic carbocycles. The number of thiophene rings is 2. The molecule has 1 N–H and O–H groups in total. The van der Waals surface area contributed by atoms with E-state index in [1.165, 1.54) is 22.1 Å². The summed E-state index contributed by atoms with van der Waals surface area (Å²) in [6, 6.07) is 14.3. The van der Waals surface area contributed by atoms with Crippen LogP contribution in [0.25, 0.3) is 46.0 Å². The Bertz CT molecular complexity index is 2470. The highest BCUT2D eigenvalue weighted by Gasteiger charge is 2.32. The van der Waals surface area contributed by atoms with Crippen molar-refractivity contribution in [1.29, 1.82) is 0 Å². The van der Waals surface area contributed by atoms with Gasteiger partial charge in [-0.1, -0.05) is 58.6 Å². The number of unbranched alkanes of at least 4 members (excludes halogenated alkanes) is 2. The number of halogens is 4. The van der Waals surface area contributed by atoms with Gasteiger partial charge in [-0.25, -0.2) is 9.36 Å². The number of aromatic nitrogens is 4. The minimum absolute atomic E-state index is 0.0927. The van der Waals surface area contributed by atoms with Crippen LogP contribution in [0.15, 0.2) is 70.3 Å². The monoisotopic (exact) mass is 784 g/mol. The second-order valence-electron chi connectivity index (χ2n) is 11.7. The molecule has 0 aliphatic heterocycles. The van der Waals surface area contributed by atoms with E-state index in [9.17, 15) is 13.0 Å². The molecule has 0 atom stereocenters. The van der Waals surface area contributed by atoms with Crippen molar-refractivity contribution in [3.63, 3.8) is 0 Å². The molecule has 0 amide bonds. The lowest BCUT2D eigenvalue weighted by atomic mass is 10.1. The molecule has 7 nitrogen and oxygen atoms in total. The van der Waals surface area contributed by atoms with Crippen molar-refractivity contribution in [2.75, 3.05) is 0 Å². The minimum Gasteiger partial charge on any atom is -0.281 e. The molecule has 8 rings (SSSR count). The Morgan fingerprint density at radius 1 is 0.755 bits per heavy atom. The zero-order chi connectivity index (χ0) is 34.0. The van der Waals surface area contributed by atoms with E-state index >= 15 is 0 Å². The van der Waals surface area contributed by atoms with Crippen LogP contribution in [0.2, 0.25) is 20.1 Å². The highest BCUT2D eigenvalue weighted by atomic mass is 35.5. The summed E-state index contributed by atoms with van der Waals surface area (Å²) in [5.41, 5.74) is 9.08. The molecule has 14 heteroatoms. The molecule has 0 fully saturated rings. The van der Waals surface area contributed by atoms with Crippen LogP contribution < -0.4 is 0 Å². The van der Waals surface area contributed by atoms with Crippen LogP contribution in [0.1, 0.15) is 51.5 Å². The molecule has 2 aliphatic rings. The summed E-state index contributed by atoms with van der Waals surface area (Å²) in [6.07, 6.45) is 12.3. The molecular formula is C35H24Cl4N4O3S3. The van der Waals surface area contributed by atoms with E-state index in [0.717, 1.165) is 81.5 Å². The molecule has 49 heavy (non-hydrogen) atoms.